The second kappa shape index (κ2) is 7.85. The molecule has 1 aromatic rings. The number of carbonyl (C=O) groups excluding carboxylic acids is 1. The number of guanidine groups is 1. The molecule has 1 amide bonds. The van der Waals surface area contributed by atoms with E-state index in [0.717, 1.165) is 16.8 Å². The largest absolute Gasteiger partial charge is 0.444 e. The fourth-order valence-electron chi connectivity index (χ4n) is 1.99. The number of benzene rings is 1. The fourth-order valence-corrected chi connectivity index (χ4v) is 1.99. The fraction of sp³-hybridized carbons (Fsp3) is 0.529. The smallest absolute Gasteiger partial charge is 0.410 e. The van der Waals surface area contributed by atoms with Gasteiger partial charge in [-0.2, -0.15) is 0 Å². The molecular formula is C17H28N4O2. The molecule has 1 aromatic carbocycles. The maximum Gasteiger partial charge on any atom is 0.410 e. The Balaban J connectivity index is 2.49. The van der Waals surface area contributed by atoms with Crippen LogP contribution in [0, 0.1) is 13.8 Å². The second-order valence-electron chi connectivity index (χ2n) is 6.67. The predicted molar refractivity (Wildman–Crippen MR) is 94.9 cm³/mol. The van der Waals surface area contributed by atoms with Crippen LogP contribution in [0.1, 0.15) is 31.9 Å². The lowest BCUT2D eigenvalue weighted by molar-refractivity contribution is 0.0304. The van der Waals surface area contributed by atoms with Crippen molar-refractivity contribution in [3.05, 3.63) is 29.3 Å². The van der Waals surface area contributed by atoms with Gasteiger partial charge < -0.3 is 20.7 Å². The number of hydrogen-bond acceptors (Lipinski definition) is 3. The summed E-state index contributed by atoms with van der Waals surface area (Å²) in [7, 11) is 1.68. The molecule has 3 N–H and O–H groups in total. The molecule has 0 heterocycles. The number of hydrogen-bond donors (Lipinski definition) is 2. The monoisotopic (exact) mass is 320 g/mol. The van der Waals surface area contributed by atoms with Crippen LogP contribution in [0.4, 0.5) is 10.5 Å². The number of carbonyl (C=O) groups is 1. The molecule has 6 nitrogen and oxygen atoms in total. The molecule has 128 valence electrons. The quantitative estimate of drug-likeness (QED) is 0.660. The van der Waals surface area contributed by atoms with E-state index in [1.54, 1.807) is 7.05 Å². The molecule has 0 radical (unpaired) electrons. The third-order valence-corrected chi connectivity index (χ3v) is 2.92. The van der Waals surface area contributed by atoms with E-state index in [-0.39, 0.29) is 6.09 Å². The Morgan fingerprint density at radius 2 is 1.83 bits per heavy atom. The zero-order valence-corrected chi connectivity index (χ0v) is 14.9. The van der Waals surface area contributed by atoms with E-state index in [0.29, 0.717) is 19.0 Å². The molecule has 0 bridgehead atoms. The average molecular weight is 320 g/mol. The van der Waals surface area contributed by atoms with Crippen LogP contribution in [0.3, 0.4) is 0 Å². The maximum atomic E-state index is 11.8. The van der Waals surface area contributed by atoms with Gasteiger partial charge in [0.25, 0.3) is 0 Å². The first-order valence-corrected chi connectivity index (χ1v) is 7.66. The summed E-state index contributed by atoms with van der Waals surface area (Å²) in [5.41, 5.74) is 8.59. The summed E-state index contributed by atoms with van der Waals surface area (Å²) in [6.45, 7) is 10.4. The molecule has 0 aliphatic heterocycles. The molecule has 0 fully saturated rings. The Morgan fingerprint density at radius 1 is 1.26 bits per heavy atom. The summed E-state index contributed by atoms with van der Waals surface area (Å²) in [4.78, 5) is 17.5. The minimum absolute atomic E-state index is 0.326. The van der Waals surface area contributed by atoms with Crippen LogP contribution in [0.25, 0.3) is 0 Å². The highest BCUT2D eigenvalue weighted by atomic mass is 16.6. The van der Waals surface area contributed by atoms with Crippen molar-refractivity contribution in [3.8, 4) is 0 Å². The third-order valence-electron chi connectivity index (χ3n) is 2.92. The van der Waals surface area contributed by atoms with Crippen LogP contribution in [0.15, 0.2) is 23.2 Å². The van der Waals surface area contributed by atoms with E-state index in [9.17, 15) is 4.79 Å². The number of rotatable bonds is 4. The number of anilines is 1. The van der Waals surface area contributed by atoms with Gasteiger partial charge in [-0.05, 0) is 57.9 Å². The van der Waals surface area contributed by atoms with E-state index in [1.807, 2.05) is 46.8 Å². The van der Waals surface area contributed by atoms with E-state index in [1.165, 1.54) is 4.90 Å². The summed E-state index contributed by atoms with van der Waals surface area (Å²) < 4.78 is 5.27. The number of aryl methyl sites for hydroxylation is 2. The first kappa shape index (κ1) is 18.8. The van der Waals surface area contributed by atoms with Crippen molar-refractivity contribution in [2.75, 3.05) is 25.5 Å². The van der Waals surface area contributed by atoms with Crippen LogP contribution in [-0.2, 0) is 4.74 Å². The van der Waals surface area contributed by atoms with E-state index in [4.69, 9.17) is 10.5 Å². The first-order valence-electron chi connectivity index (χ1n) is 7.66. The standard InChI is InChI=1S/C17H28N4O2/c1-12-9-13(2)11-14(10-12)20-15(18)19-7-8-21(6)16(22)23-17(3,4)5/h9-11H,7-8H2,1-6H3,(H3,18,19,20). The minimum Gasteiger partial charge on any atom is -0.444 e. The molecule has 23 heavy (non-hydrogen) atoms. The van der Waals surface area contributed by atoms with Gasteiger partial charge in [-0.1, -0.05) is 6.07 Å². The number of likely N-dealkylation sites (N-methyl/N-ethyl adjacent to an activating group) is 1. The van der Waals surface area contributed by atoms with E-state index in [2.05, 4.69) is 16.4 Å². The van der Waals surface area contributed by atoms with Gasteiger partial charge >= 0.3 is 6.09 Å². The topological polar surface area (TPSA) is 80.0 Å². The van der Waals surface area contributed by atoms with Gasteiger partial charge in [-0.3, -0.25) is 4.99 Å². The zero-order valence-electron chi connectivity index (χ0n) is 14.9. The van der Waals surface area contributed by atoms with Gasteiger partial charge in [-0.25, -0.2) is 4.79 Å². The van der Waals surface area contributed by atoms with Gasteiger partial charge in [0.2, 0.25) is 0 Å². The molecule has 0 aromatic heterocycles. The number of amides is 1. The highest BCUT2D eigenvalue weighted by Gasteiger charge is 2.19. The van der Waals surface area contributed by atoms with Gasteiger partial charge in [0, 0.05) is 19.3 Å². The Hall–Kier alpha value is -2.24. The Morgan fingerprint density at radius 3 is 2.35 bits per heavy atom. The summed E-state index contributed by atoms with van der Waals surface area (Å²) in [6, 6.07) is 6.10. The van der Waals surface area contributed by atoms with Crippen molar-refractivity contribution in [2.45, 2.75) is 40.2 Å². The summed E-state index contributed by atoms with van der Waals surface area (Å²) >= 11 is 0. The van der Waals surface area contributed by atoms with Crippen molar-refractivity contribution in [3.63, 3.8) is 0 Å². The zero-order chi connectivity index (χ0) is 17.6. The number of nitrogens with one attached hydrogen (secondary N) is 1. The maximum absolute atomic E-state index is 11.8. The molecular weight excluding hydrogens is 292 g/mol. The Bertz CT molecular complexity index is 556. The molecule has 0 aliphatic carbocycles. The molecule has 0 aliphatic rings. The van der Waals surface area contributed by atoms with Gasteiger partial charge in [0.05, 0.1) is 6.54 Å². The highest BCUT2D eigenvalue weighted by molar-refractivity contribution is 5.92. The molecule has 0 spiro atoms. The van der Waals surface area contributed by atoms with Gasteiger partial charge in [0.1, 0.15) is 5.60 Å². The minimum atomic E-state index is -0.502. The summed E-state index contributed by atoms with van der Waals surface area (Å²) in [5.74, 6) is 0.326. The van der Waals surface area contributed by atoms with Crippen LogP contribution in [-0.4, -0.2) is 42.7 Å². The summed E-state index contributed by atoms with van der Waals surface area (Å²) in [5, 5.41) is 3.06. The molecule has 0 saturated heterocycles. The van der Waals surface area contributed by atoms with Crippen LogP contribution in [0.2, 0.25) is 0 Å². The van der Waals surface area contributed by atoms with Crippen molar-refractivity contribution in [1.29, 1.82) is 0 Å². The van der Waals surface area contributed by atoms with Crippen molar-refractivity contribution in [1.82, 2.24) is 4.90 Å². The highest BCUT2D eigenvalue weighted by Crippen LogP contribution is 2.13. The third kappa shape index (κ3) is 7.54. The van der Waals surface area contributed by atoms with E-state index >= 15 is 0 Å². The summed E-state index contributed by atoms with van der Waals surface area (Å²) in [6.07, 6.45) is -0.367. The average Bonchev–Trinajstić information content (AvgIpc) is 2.34. The lowest BCUT2D eigenvalue weighted by Gasteiger charge is -2.24. The van der Waals surface area contributed by atoms with Crippen LogP contribution in [0.5, 0.6) is 0 Å². The van der Waals surface area contributed by atoms with Crippen molar-refractivity contribution in [2.24, 2.45) is 10.7 Å². The van der Waals surface area contributed by atoms with Crippen molar-refractivity contribution >= 4 is 17.7 Å². The molecule has 1 rings (SSSR count). The Kier molecular flexibility index (Phi) is 6.42. The van der Waals surface area contributed by atoms with Crippen molar-refractivity contribution < 1.29 is 9.53 Å². The van der Waals surface area contributed by atoms with E-state index < -0.39 is 5.60 Å². The van der Waals surface area contributed by atoms with Gasteiger partial charge in [-0.15, -0.1) is 0 Å². The van der Waals surface area contributed by atoms with Crippen LogP contribution >= 0.6 is 0 Å². The lowest BCUT2D eigenvalue weighted by atomic mass is 10.1. The number of ether oxygens (including phenoxy) is 1. The molecule has 0 atom stereocenters. The Labute approximate surface area is 138 Å². The lowest BCUT2D eigenvalue weighted by Crippen LogP contribution is -2.36. The van der Waals surface area contributed by atoms with Gasteiger partial charge in [0.15, 0.2) is 5.96 Å². The number of aliphatic imine (C=N–C) groups is 1. The number of nitrogens with zero attached hydrogens (tertiary/aromatic N) is 2. The first-order chi connectivity index (χ1) is 10.6. The molecule has 6 heteroatoms. The van der Waals surface area contributed by atoms with Crippen LogP contribution < -0.4 is 11.1 Å². The molecule has 0 saturated carbocycles. The SMILES string of the molecule is Cc1cc(C)cc(NC(N)=NCCN(C)C(=O)OC(C)(C)C)c1. The normalized spacial score (nSPS) is 12.0. The number of nitrogens with two attached hydrogens (primary N) is 1. The predicted octanol–water partition coefficient (Wildman–Crippen LogP) is 2.90. The molecule has 0 unspecified atom stereocenters. The second-order valence-corrected chi connectivity index (χ2v) is 6.67.